The van der Waals surface area contributed by atoms with Crippen LogP contribution in [0.15, 0.2) is 5.38 Å². The van der Waals surface area contributed by atoms with E-state index in [-0.39, 0.29) is 29.6 Å². The van der Waals surface area contributed by atoms with E-state index in [1.807, 2.05) is 6.92 Å². The van der Waals surface area contributed by atoms with Gasteiger partial charge in [0.2, 0.25) is 0 Å². The van der Waals surface area contributed by atoms with Crippen LogP contribution in [0.5, 0.6) is 0 Å². The molecule has 0 radical (unpaired) electrons. The molecule has 0 spiro atoms. The van der Waals surface area contributed by atoms with Gasteiger partial charge in [-0.2, -0.15) is 0 Å². The summed E-state index contributed by atoms with van der Waals surface area (Å²) < 4.78 is 5.91. The second-order valence-corrected chi connectivity index (χ2v) is 9.01. The van der Waals surface area contributed by atoms with Crippen LogP contribution in [0.1, 0.15) is 69.1 Å². The Morgan fingerprint density at radius 2 is 2.21 bits per heavy atom. The summed E-state index contributed by atoms with van der Waals surface area (Å²) in [6.45, 7) is 7.24. The fourth-order valence-electron chi connectivity index (χ4n) is 4.29. The molecule has 4 rings (SSSR count). The molecule has 1 saturated heterocycles. The number of carbonyl (C=O) groups is 1. The summed E-state index contributed by atoms with van der Waals surface area (Å²) >= 11 is 1.72. The molecule has 6 heteroatoms. The summed E-state index contributed by atoms with van der Waals surface area (Å²) in [6, 6.07) is 0.0355. The van der Waals surface area contributed by atoms with Gasteiger partial charge >= 0.3 is 6.03 Å². The lowest BCUT2D eigenvalue weighted by molar-refractivity contribution is -0.189. The monoisotopic (exact) mass is 349 g/mol. The molecule has 3 aliphatic rings. The lowest BCUT2D eigenvalue weighted by Crippen LogP contribution is -2.70. The number of carbonyl (C=O) groups excluding carboxylic acids is 1. The number of thiazole rings is 1. The van der Waals surface area contributed by atoms with Crippen LogP contribution < -0.4 is 10.6 Å². The average Bonchev–Trinajstić information content (AvgIpc) is 3.29. The Hall–Kier alpha value is -1.14. The Balaban J connectivity index is 1.34. The highest BCUT2D eigenvalue weighted by Crippen LogP contribution is 2.51. The van der Waals surface area contributed by atoms with Crippen LogP contribution >= 0.6 is 11.3 Å². The third kappa shape index (κ3) is 2.84. The number of amides is 2. The summed E-state index contributed by atoms with van der Waals surface area (Å²) in [5, 5.41) is 9.55. The zero-order valence-electron chi connectivity index (χ0n) is 14.7. The normalized spacial score (nSPS) is 32.4. The van der Waals surface area contributed by atoms with Gasteiger partial charge in [0.05, 0.1) is 22.8 Å². The minimum Gasteiger partial charge on any atom is -0.377 e. The summed E-state index contributed by atoms with van der Waals surface area (Å²) in [7, 11) is 0. The minimum absolute atomic E-state index is 0.00540. The molecule has 4 atom stereocenters. The Bertz CT molecular complexity index is 626. The van der Waals surface area contributed by atoms with Crippen LogP contribution in [0.3, 0.4) is 0 Å². The van der Waals surface area contributed by atoms with Gasteiger partial charge in [-0.15, -0.1) is 11.3 Å². The number of aromatic nitrogens is 1. The quantitative estimate of drug-likeness (QED) is 0.873. The van der Waals surface area contributed by atoms with Crippen molar-refractivity contribution in [1.29, 1.82) is 0 Å². The summed E-state index contributed by atoms with van der Waals surface area (Å²) in [5.74, 6) is 1.12. The second kappa shape index (κ2) is 5.99. The maximum absolute atomic E-state index is 12.5. The number of hydrogen-bond acceptors (Lipinski definition) is 4. The van der Waals surface area contributed by atoms with Gasteiger partial charge in [-0.1, -0.05) is 13.8 Å². The van der Waals surface area contributed by atoms with Crippen LogP contribution in [0, 0.1) is 11.3 Å². The molecule has 24 heavy (non-hydrogen) atoms. The molecule has 1 aromatic rings. The SMILES string of the molecule is C[C@H](NC(=O)N[C@@H]1[C@@H]2CCCO[C@H]2C1(C)C)c1csc(C2CC2)n1. The standard InChI is InChI=1S/C18H27N3O2S/c1-10(13-9-24-16(20-13)11-6-7-11)19-17(22)21-14-12-5-4-8-23-15(12)18(14,2)3/h9-12,14-15H,4-8H2,1-3H3,(H2,19,21,22)/t10-,12-,14+,15+/m0/s1. The predicted molar refractivity (Wildman–Crippen MR) is 94.2 cm³/mol. The van der Waals surface area contributed by atoms with Crippen LogP contribution in [-0.2, 0) is 4.74 Å². The number of rotatable bonds is 4. The maximum Gasteiger partial charge on any atom is 0.315 e. The molecule has 2 aliphatic carbocycles. The smallest absolute Gasteiger partial charge is 0.315 e. The van der Waals surface area contributed by atoms with E-state index in [4.69, 9.17) is 4.74 Å². The van der Waals surface area contributed by atoms with E-state index in [1.165, 1.54) is 17.8 Å². The van der Waals surface area contributed by atoms with Crippen molar-refractivity contribution in [2.24, 2.45) is 11.3 Å². The van der Waals surface area contributed by atoms with E-state index >= 15 is 0 Å². The summed E-state index contributed by atoms with van der Waals surface area (Å²) in [4.78, 5) is 17.1. The number of fused-ring (bicyclic) bond motifs is 1. The zero-order chi connectivity index (χ0) is 16.9. The van der Waals surface area contributed by atoms with Crippen molar-refractivity contribution in [2.45, 2.75) is 70.6 Å². The van der Waals surface area contributed by atoms with E-state index in [1.54, 1.807) is 11.3 Å². The molecule has 2 N–H and O–H groups in total. The van der Waals surface area contributed by atoms with E-state index in [0.29, 0.717) is 11.8 Å². The van der Waals surface area contributed by atoms with Gasteiger partial charge in [0.15, 0.2) is 0 Å². The van der Waals surface area contributed by atoms with Gasteiger partial charge in [0.1, 0.15) is 0 Å². The highest BCUT2D eigenvalue weighted by Gasteiger charge is 2.58. The largest absolute Gasteiger partial charge is 0.377 e. The minimum atomic E-state index is -0.0921. The van der Waals surface area contributed by atoms with Crippen molar-refractivity contribution in [2.75, 3.05) is 6.61 Å². The first-order chi connectivity index (χ1) is 11.5. The second-order valence-electron chi connectivity index (χ2n) is 8.12. The number of nitrogens with one attached hydrogen (secondary N) is 2. The lowest BCUT2D eigenvalue weighted by atomic mass is 9.55. The van der Waals surface area contributed by atoms with E-state index in [2.05, 4.69) is 34.8 Å². The van der Waals surface area contributed by atoms with Gasteiger partial charge in [0, 0.05) is 35.3 Å². The van der Waals surface area contributed by atoms with Crippen LogP contribution in [-0.4, -0.2) is 29.8 Å². The summed E-state index contributed by atoms with van der Waals surface area (Å²) in [5.41, 5.74) is 0.981. The van der Waals surface area contributed by atoms with Gasteiger partial charge in [-0.05, 0) is 32.6 Å². The van der Waals surface area contributed by atoms with Crippen LogP contribution in [0.2, 0.25) is 0 Å². The van der Waals surface area contributed by atoms with E-state index in [9.17, 15) is 4.79 Å². The van der Waals surface area contributed by atoms with Crippen molar-refractivity contribution in [3.63, 3.8) is 0 Å². The van der Waals surface area contributed by atoms with E-state index < -0.39 is 0 Å². The lowest BCUT2D eigenvalue weighted by Gasteiger charge is -2.59. The molecule has 3 fully saturated rings. The molecular weight excluding hydrogens is 322 g/mol. The first-order valence-corrected chi connectivity index (χ1v) is 9.98. The molecule has 0 bridgehead atoms. The van der Waals surface area contributed by atoms with Crippen LogP contribution in [0.25, 0.3) is 0 Å². The third-order valence-electron chi connectivity index (χ3n) is 5.88. The molecule has 0 unspecified atom stereocenters. The van der Waals surface area contributed by atoms with Gasteiger partial charge in [0.25, 0.3) is 0 Å². The van der Waals surface area contributed by atoms with Crippen molar-refractivity contribution in [3.05, 3.63) is 16.1 Å². The number of hydrogen-bond donors (Lipinski definition) is 2. The first-order valence-electron chi connectivity index (χ1n) is 9.11. The molecule has 2 heterocycles. The Morgan fingerprint density at radius 3 is 2.96 bits per heavy atom. The average molecular weight is 350 g/mol. The van der Waals surface area contributed by atoms with Crippen molar-refractivity contribution in [1.82, 2.24) is 15.6 Å². The molecule has 1 aliphatic heterocycles. The predicted octanol–water partition coefficient (Wildman–Crippen LogP) is 3.58. The van der Waals surface area contributed by atoms with E-state index in [0.717, 1.165) is 25.1 Å². The molecule has 2 amide bonds. The topological polar surface area (TPSA) is 63.2 Å². The fourth-order valence-corrected chi connectivity index (χ4v) is 5.37. The van der Waals surface area contributed by atoms with Gasteiger partial charge < -0.3 is 15.4 Å². The van der Waals surface area contributed by atoms with Crippen molar-refractivity contribution in [3.8, 4) is 0 Å². The van der Waals surface area contributed by atoms with Gasteiger partial charge in [-0.3, -0.25) is 0 Å². The summed E-state index contributed by atoms with van der Waals surface area (Å²) in [6.07, 6.45) is 5.04. The first kappa shape index (κ1) is 16.3. The molecule has 132 valence electrons. The Morgan fingerprint density at radius 1 is 1.42 bits per heavy atom. The highest BCUT2D eigenvalue weighted by molar-refractivity contribution is 7.09. The molecule has 2 saturated carbocycles. The number of nitrogens with zero attached hydrogens (tertiary/aromatic N) is 1. The van der Waals surface area contributed by atoms with Gasteiger partial charge in [-0.25, -0.2) is 9.78 Å². The molecule has 0 aromatic carbocycles. The fraction of sp³-hybridized carbons (Fsp3) is 0.778. The van der Waals surface area contributed by atoms with Crippen LogP contribution in [0.4, 0.5) is 4.79 Å². The third-order valence-corrected chi connectivity index (χ3v) is 6.90. The van der Waals surface area contributed by atoms with Crippen molar-refractivity contribution < 1.29 is 9.53 Å². The number of ether oxygens (including phenoxy) is 1. The molecule has 5 nitrogen and oxygen atoms in total. The number of urea groups is 1. The molecular formula is C18H27N3O2S. The van der Waals surface area contributed by atoms with Crippen molar-refractivity contribution >= 4 is 17.4 Å². The molecule has 1 aromatic heterocycles. The Labute approximate surface area is 147 Å². The maximum atomic E-state index is 12.5. The Kier molecular flexibility index (Phi) is 4.07. The highest BCUT2D eigenvalue weighted by atomic mass is 32.1. The zero-order valence-corrected chi connectivity index (χ0v) is 15.5.